The Balaban J connectivity index is 2.91. The van der Waals surface area contributed by atoms with Gasteiger partial charge in [-0.15, -0.1) is 0 Å². The Morgan fingerprint density at radius 2 is 1.29 bits per heavy atom. The van der Waals surface area contributed by atoms with Crippen molar-refractivity contribution in [2.75, 3.05) is 6.61 Å². The fraction of sp³-hybridized carbons (Fsp3) is 0.933. The van der Waals surface area contributed by atoms with Crippen LogP contribution in [0.4, 0.5) is 0 Å². The number of hydrogen-bond donors (Lipinski definition) is 0. The first kappa shape index (κ1) is 16.5. The van der Waals surface area contributed by atoms with Gasteiger partial charge in [0, 0.05) is 0 Å². The first-order valence-corrected chi connectivity index (χ1v) is 7.26. The molecule has 0 aliphatic rings. The molecule has 0 spiro atoms. The first-order chi connectivity index (χ1) is 8.27. The quantitative estimate of drug-likeness (QED) is 0.439. The molecule has 0 saturated heterocycles. The predicted molar refractivity (Wildman–Crippen MR) is 72.7 cm³/mol. The minimum atomic E-state index is 0.540. The van der Waals surface area contributed by atoms with Crippen LogP contribution in [0.2, 0.25) is 0 Å². The molecule has 0 aromatic heterocycles. The molecule has 17 heavy (non-hydrogen) atoms. The lowest BCUT2D eigenvalue weighted by atomic mass is 10.0. The molecule has 0 rings (SSSR count). The second-order valence-electron chi connectivity index (χ2n) is 5.30. The second kappa shape index (κ2) is 13.5. The van der Waals surface area contributed by atoms with Crippen molar-refractivity contribution in [2.45, 2.75) is 78.1 Å². The molecule has 0 heterocycles. The molecule has 0 fully saturated rings. The highest BCUT2D eigenvalue weighted by molar-refractivity contribution is 5.37. The van der Waals surface area contributed by atoms with Gasteiger partial charge in [-0.2, -0.15) is 0 Å². The molecular weight excluding hydrogens is 212 g/mol. The van der Waals surface area contributed by atoms with Crippen LogP contribution < -0.4 is 0 Å². The molecule has 0 saturated carbocycles. The van der Waals surface area contributed by atoms with Crippen LogP contribution >= 0.6 is 0 Å². The highest BCUT2D eigenvalue weighted by Crippen LogP contribution is 2.12. The molecule has 2 heteroatoms. The summed E-state index contributed by atoms with van der Waals surface area (Å²) in [6.07, 6.45) is 13.1. The zero-order valence-electron chi connectivity index (χ0n) is 11.7. The number of rotatable bonds is 13. The number of unbranched alkanes of at least 4 members (excludes halogenated alkanes) is 8. The van der Waals surface area contributed by atoms with Crippen molar-refractivity contribution >= 4 is 6.47 Å². The van der Waals surface area contributed by atoms with Crippen molar-refractivity contribution in [3.8, 4) is 0 Å². The maximum absolute atomic E-state index is 9.76. The highest BCUT2D eigenvalue weighted by Gasteiger charge is 1.95. The summed E-state index contributed by atoms with van der Waals surface area (Å²) in [5.74, 6) is 0.862. The number of ether oxygens (including phenoxy) is 1. The van der Waals surface area contributed by atoms with E-state index in [-0.39, 0.29) is 0 Å². The third-order valence-electron chi connectivity index (χ3n) is 3.09. The number of carbonyl (C=O) groups excluding carboxylic acids is 1. The van der Waals surface area contributed by atoms with Crippen molar-refractivity contribution < 1.29 is 9.53 Å². The van der Waals surface area contributed by atoms with Gasteiger partial charge < -0.3 is 4.74 Å². The summed E-state index contributed by atoms with van der Waals surface area (Å²) < 4.78 is 4.52. The molecule has 0 aliphatic carbocycles. The van der Waals surface area contributed by atoms with E-state index < -0.39 is 0 Å². The Labute approximate surface area is 107 Å². The van der Waals surface area contributed by atoms with Crippen LogP contribution in [0.1, 0.15) is 78.1 Å². The topological polar surface area (TPSA) is 26.3 Å². The van der Waals surface area contributed by atoms with Gasteiger partial charge in [-0.3, -0.25) is 0 Å². The van der Waals surface area contributed by atoms with Crippen LogP contribution in [0.15, 0.2) is 0 Å². The summed E-state index contributed by atoms with van der Waals surface area (Å²) in [5.41, 5.74) is 0. The Hall–Kier alpha value is -0.530. The van der Waals surface area contributed by atoms with E-state index in [0.29, 0.717) is 6.61 Å². The average molecular weight is 241 g/mol. The third kappa shape index (κ3) is 15.5. The minimum absolute atomic E-state index is 0.540. The Kier molecular flexibility index (Phi) is 13.1. The van der Waals surface area contributed by atoms with Gasteiger partial charge in [-0.25, -0.2) is 4.79 Å². The lowest BCUT2D eigenvalue weighted by Crippen LogP contribution is -1.91. The zero-order chi connectivity index (χ0) is 12.8. The van der Waals surface area contributed by atoms with Gasteiger partial charge in [0.05, 0.1) is 6.61 Å². The average Bonchev–Trinajstić information content (AvgIpc) is 2.30. The lowest BCUT2D eigenvalue weighted by Gasteiger charge is -2.04. The lowest BCUT2D eigenvalue weighted by molar-refractivity contribution is 0.268. The maximum atomic E-state index is 9.76. The largest absolute Gasteiger partial charge is 0.457 e. The van der Waals surface area contributed by atoms with Gasteiger partial charge >= 0.3 is 6.47 Å². The molecule has 1 radical (unpaired) electrons. The zero-order valence-corrected chi connectivity index (χ0v) is 11.7. The molecule has 2 nitrogen and oxygen atoms in total. The Morgan fingerprint density at radius 3 is 1.76 bits per heavy atom. The maximum Gasteiger partial charge on any atom is 0.417 e. The van der Waals surface area contributed by atoms with E-state index in [1.165, 1.54) is 64.3 Å². The summed E-state index contributed by atoms with van der Waals surface area (Å²) >= 11 is 0. The molecule has 0 aliphatic heterocycles. The number of hydrogen-bond acceptors (Lipinski definition) is 2. The summed E-state index contributed by atoms with van der Waals surface area (Å²) in [6, 6.07) is 0. The Morgan fingerprint density at radius 1 is 0.824 bits per heavy atom. The van der Waals surface area contributed by atoms with Crippen LogP contribution in [0.5, 0.6) is 0 Å². The minimum Gasteiger partial charge on any atom is -0.457 e. The summed E-state index contributed by atoms with van der Waals surface area (Å²) in [4.78, 5) is 9.76. The standard InChI is InChI=1S/C15H29O2/c1-15(2)12-10-8-6-4-3-5-7-9-11-13-17-14-16/h15H,3-13H2,1-2H3. The van der Waals surface area contributed by atoms with Crippen molar-refractivity contribution in [1.29, 1.82) is 0 Å². The van der Waals surface area contributed by atoms with E-state index in [1.807, 2.05) is 0 Å². The Bertz CT molecular complexity index is 155. The SMILES string of the molecule is CC(C)CCCCCCCCCCCO[C]=O. The molecule has 0 aromatic carbocycles. The van der Waals surface area contributed by atoms with Gasteiger partial charge in [-0.05, 0) is 12.3 Å². The second-order valence-corrected chi connectivity index (χ2v) is 5.30. The molecular formula is C15H29O2. The van der Waals surface area contributed by atoms with Crippen LogP contribution in [-0.2, 0) is 9.53 Å². The van der Waals surface area contributed by atoms with Crippen molar-refractivity contribution in [2.24, 2.45) is 5.92 Å². The van der Waals surface area contributed by atoms with Crippen molar-refractivity contribution in [3.05, 3.63) is 0 Å². The molecule has 0 unspecified atom stereocenters. The summed E-state index contributed by atoms with van der Waals surface area (Å²) in [6.45, 7) is 6.59. The van der Waals surface area contributed by atoms with E-state index in [0.717, 1.165) is 12.3 Å². The van der Waals surface area contributed by atoms with Crippen molar-refractivity contribution in [1.82, 2.24) is 0 Å². The molecule has 0 bridgehead atoms. The fourth-order valence-corrected chi connectivity index (χ4v) is 2.01. The van der Waals surface area contributed by atoms with Crippen molar-refractivity contribution in [3.63, 3.8) is 0 Å². The van der Waals surface area contributed by atoms with Crippen LogP contribution in [0.25, 0.3) is 0 Å². The van der Waals surface area contributed by atoms with E-state index in [1.54, 1.807) is 0 Å². The fourth-order valence-electron chi connectivity index (χ4n) is 2.01. The third-order valence-corrected chi connectivity index (χ3v) is 3.09. The summed E-state index contributed by atoms with van der Waals surface area (Å²) in [7, 11) is 0. The molecule has 0 amide bonds. The van der Waals surface area contributed by atoms with E-state index in [4.69, 9.17) is 0 Å². The van der Waals surface area contributed by atoms with E-state index in [9.17, 15) is 4.79 Å². The van der Waals surface area contributed by atoms with Gasteiger partial charge in [0.2, 0.25) is 0 Å². The molecule has 0 aromatic rings. The van der Waals surface area contributed by atoms with Crippen LogP contribution in [-0.4, -0.2) is 13.1 Å². The normalized spacial score (nSPS) is 10.8. The van der Waals surface area contributed by atoms with Crippen LogP contribution in [0.3, 0.4) is 0 Å². The van der Waals surface area contributed by atoms with Gasteiger partial charge in [-0.1, -0.05) is 71.6 Å². The van der Waals surface area contributed by atoms with E-state index in [2.05, 4.69) is 18.6 Å². The van der Waals surface area contributed by atoms with Gasteiger partial charge in [0.15, 0.2) is 0 Å². The monoisotopic (exact) mass is 241 g/mol. The van der Waals surface area contributed by atoms with Gasteiger partial charge in [0.1, 0.15) is 0 Å². The van der Waals surface area contributed by atoms with E-state index >= 15 is 0 Å². The molecule has 101 valence electrons. The molecule has 0 N–H and O–H groups in total. The summed E-state index contributed by atoms with van der Waals surface area (Å²) in [5, 5.41) is 0. The predicted octanol–water partition coefficient (Wildman–Crippen LogP) is 4.63. The first-order valence-electron chi connectivity index (χ1n) is 7.26. The highest BCUT2D eigenvalue weighted by atomic mass is 16.5. The smallest absolute Gasteiger partial charge is 0.417 e. The van der Waals surface area contributed by atoms with Crippen LogP contribution in [0, 0.1) is 5.92 Å². The van der Waals surface area contributed by atoms with Gasteiger partial charge in [0.25, 0.3) is 0 Å². The molecule has 0 atom stereocenters.